The lowest BCUT2D eigenvalue weighted by atomic mass is 10.2. The van der Waals surface area contributed by atoms with E-state index in [2.05, 4.69) is 90.1 Å². The Morgan fingerprint density at radius 1 is 0.963 bits per heavy atom. The quantitative estimate of drug-likeness (QED) is 0.403. The summed E-state index contributed by atoms with van der Waals surface area (Å²) >= 11 is 1.89. The van der Waals surface area contributed by atoms with Crippen LogP contribution < -0.4 is 33.4 Å². The number of hydrogen-bond acceptors (Lipinski definition) is 2. The van der Waals surface area contributed by atoms with Crippen molar-refractivity contribution in [3.05, 3.63) is 71.4 Å². The first-order valence-electron chi connectivity index (χ1n) is 9.49. The zero-order valence-corrected chi connectivity index (χ0v) is 18.8. The number of unbranched alkanes of at least 4 members (excludes halogenated alkanes) is 1. The van der Waals surface area contributed by atoms with Gasteiger partial charge in [0.05, 0.1) is 10.7 Å². The Kier molecular flexibility index (Phi) is 6.82. The van der Waals surface area contributed by atoms with Gasteiger partial charge in [0.25, 0.3) is 0 Å². The molecular weight excluding hydrogens is 463 g/mol. The minimum atomic E-state index is 0. The van der Waals surface area contributed by atoms with E-state index in [9.17, 15) is 0 Å². The Morgan fingerprint density at radius 2 is 1.74 bits per heavy atom. The van der Waals surface area contributed by atoms with E-state index in [1.54, 1.807) is 0 Å². The summed E-state index contributed by atoms with van der Waals surface area (Å²) in [5.41, 5.74) is 3.91. The predicted molar refractivity (Wildman–Crippen MR) is 112 cm³/mol. The highest BCUT2D eigenvalue weighted by Crippen LogP contribution is 2.46. The van der Waals surface area contributed by atoms with Crippen molar-refractivity contribution in [2.75, 3.05) is 11.4 Å². The number of pyridine rings is 1. The van der Waals surface area contributed by atoms with Crippen molar-refractivity contribution in [3.63, 3.8) is 0 Å². The second-order valence-electron chi connectivity index (χ2n) is 6.62. The van der Waals surface area contributed by atoms with E-state index >= 15 is 0 Å². The van der Waals surface area contributed by atoms with E-state index in [0.717, 1.165) is 13.1 Å². The molecule has 0 spiro atoms. The van der Waals surface area contributed by atoms with E-state index in [4.69, 9.17) is 0 Å². The molecule has 1 aliphatic heterocycles. The SMILES string of the molecule is CCCCN1/C(=C/c2ccc3ccccc3[n+]2CC)Sc2ccccc21.[I-]. The first-order chi connectivity index (χ1) is 12.8. The third-order valence-electron chi connectivity index (χ3n) is 4.93. The molecule has 0 aliphatic carbocycles. The summed E-state index contributed by atoms with van der Waals surface area (Å²) in [7, 11) is 0. The predicted octanol–water partition coefficient (Wildman–Crippen LogP) is 2.86. The molecule has 0 atom stereocenters. The normalized spacial score (nSPS) is 14.4. The lowest BCUT2D eigenvalue weighted by Gasteiger charge is -2.20. The fraction of sp³-hybridized carbons (Fsp3) is 0.261. The van der Waals surface area contributed by atoms with Gasteiger partial charge in [-0.1, -0.05) is 49.4 Å². The molecular formula is C23H25IN2S. The number of aryl methyl sites for hydroxylation is 1. The Morgan fingerprint density at radius 3 is 2.56 bits per heavy atom. The topological polar surface area (TPSA) is 7.12 Å². The van der Waals surface area contributed by atoms with Crippen LogP contribution in [0.4, 0.5) is 5.69 Å². The maximum absolute atomic E-state index is 2.48. The van der Waals surface area contributed by atoms with Crippen LogP contribution in [0.2, 0.25) is 0 Å². The number of rotatable bonds is 5. The van der Waals surface area contributed by atoms with Crippen LogP contribution in [0.1, 0.15) is 32.4 Å². The molecule has 0 fully saturated rings. The summed E-state index contributed by atoms with van der Waals surface area (Å²) in [5.74, 6) is 0. The number of para-hydroxylation sites is 2. The Labute approximate surface area is 183 Å². The summed E-state index contributed by atoms with van der Waals surface area (Å²) in [6.45, 7) is 6.52. The molecule has 4 heteroatoms. The summed E-state index contributed by atoms with van der Waals surface area (Å²) < 4.78 is 2.41. The lowest BCUT2D eigenvalue weighted by Crippen LogP contribution is -3.00. The second-order valence-corrected chi connectivity index (χ2v) is 7.68. The van der Waals surface area contributed by atoms with Gasteiger partial charge < -0.3 is 28.9 Å². The van der Waals surface area contributed by atoms with E-state index in [0.29, 0.717) is 0 Å². The number of aromatic nitrogens is 1. The molecule has 2 aromatic carbocycles. The van der Waals surface area contributed by atoms with Gasteiger partial charge in [-0.3, -0.25) is 0 Å². The minimum Gasteiger partial charge on any atom is -1.00 e. The Balaban J connectivity index is 0.00000210. The highest BCUT2D eigenvalue weighted by molar-refractivity contribution is 8.03. The van der Waals surface area contributed by atoms with Crippen molar-refractivity contribution >= 4 is 34.4 Å². The maximum atomic E-state index is 2.48. The van der Waals surface area contributed by atoms with Crippen molar-refractivity contribution in [2.45, 2.75) is 38.1 Å². The van der Waals surface area contributed by atoms with Crippen LogP contribution in [0.15, 0.2) is 70.6 Å². The van der Waals surface area contributed by atoms with Crippen LogP contribution in [0.25, 0.3) is 17.0 Å². The first kappa shape index (κ1) is 20.2. The van der Waals surface area contributed by atoms with Crippen LogP contribution in [0.5, 0.6) is 0 Å². The zero-order valence-electron chi connectivity index (χ0n) is 15.9. The third-order valence-corrected chi connectivity index (χ3v) is 6.04. The van der Waals surface area contributed by atoms with E-state index in [-0.39, 0.29) is 24.0 Å². The molecule has 4 rings (SSSR count). The van der Waals surface area contributed by atoms with Crippen LogP contribution in [0.3, 0.4) is 0 Å². The van der Waals surface area contributed by atoms with Gasteiger partial charge >= 0.3 is 0 Å². The first-order valence-corrected chi connectivity index (χ1v) is 10.3. The van der Waals surface area contributed by atoms with Gasteiger partial charge in [-0.05, 0) is 37.6 Å². The van der Waals surface area contributed by atoms with Gasteiger partial charge in [0, 0.05) is 35.0 Å². The molecule has 0 bridgehead atoms. The van der Waals surface area contributed by atoms with Crippen molar-refractivity contribution in [1.82, 2.24) is 0 Å². The summed E-state index contributed by atoms with van der Waals surface area (Å²) in [5, 5.41) is 2.62. The molecule has 0 saturated heterocycles. The molecule has 0 amide bonds. The molecule has 1 aromatic heterocycles. The number of benzene rings is 2. The molecule has 0 saturated carbocycles. The van der Waals surface area contributed by atoms with Crippen molar-refractivity contribution in [3.8, 4) is 0 Å². The number of hydrogen-bond donors (Lipinski definition) is 0. The summed E-state index contributed by atoms with van der Waals surface area (Å²) in [6.07, 6.45) is 4.77. The van der Waals surface area contributed by atoms with E-state index in [1.807, 2.05) is 11.8 Å². The molecule has 3 aromatic rings. The number of fused-ring (bicyclic) bond motifs is 2. The molecule has 1 aliphatic rings. The van der Waals surface area contributed by atoms with Gasteiger partial charge in [0.2, 0.25) is 11.2 Å². The molecule has 0 radical (unpaired) electrons. The maximum Gasteiger partial charge on any atom is 0.212 e. The Bertz CT molecular complexity index is 968. The highest BCUT2D eigenvalue weighted by Gasteiger charge is 2.25. The fourth-order valence-electron chi connectivity index (χ4n) is 3.59. The number of thioether (sulfide) groups is 1. The average molecular weight is 488 g/mol. The highest BCUT2D eigenvalue weighted by atomic mass is 127. The van der Waals surface area contributed by atoms with Crippen LogP contribution in [-0.4, -0.2) is 6.54 Å². The standard InChI is InChI=1S/C23H25N2S.HI/c1-3-5-16-25-21-12-8-9-13-22(21)26-23(25)17-19-15-14-18-10-6-7-11-20(18)24(19)4-2;/h6-15,17H,3-5,16H2,1-2H3;1H/q+1;/p-1. The van der Waals surface area contributed by atoms with Crippen LogP contribution in [-0.2, 0) is 6.54 Å². The number of nitrogens with zero attached hydrogens (tertiary/aromatic N) is 2. The number of anilines is 1. The molecule has 2 heterocycles. The molecule has 27 heavy (non-hydrogen) atoms. The van der Waals surface area contributed by atoms with Crippen molar-refractivity contribution < 1.29 is 28.5 Å². The van der Waals surface area contributed by atoms with E-state index < -0.39 is 0 Å². The largest absolute Gasteiger partial charge is 1.00 e. The van der Waals surface area contributed by atoms with Crippen molar-refractivity contribution in [2.24, 2.45) is 0 Å². The summed E-state index contributed by atoms with van der Waals surface area (Å²) in [6, 6.07) is 21.9. The van der Waals surface area contributed by atoms with E-state index in [1.165, 1.54) is 45.1 Å². The molecule has 0 N–H and O–H groups in total. The van der Waals surface area contributed by atoms with Gasteiger partial charge in [0.15, 0.2) is 0 Å². The van der Waals surface area contributed by atoms with Crippen LogP contribution >= 0.6 is 11.8 Å². The monoisotopic (exact) mass is 488 g/mol. The van der Waals surface area contributed by atoms with Gasteiger partial charge in [-0.25, -0.2) is 0 Å². The zero-order chi connectivity index (χ0) is 17.9. The fourth-order valence-corrected chi connectivity index (χ4v) is 4.73. The number of halogens is 1. The van der Waals surface area contributed by atoms with Gasteiger partial charge in [-0.15, -0.1) is 0 Å². The Hall–Kier alpha value is -1.53. The molecule has 140 valence electrons. The third kappa shape index (κ3) is 4.02. The summed E-state index contributed by atoms with van der Waals surface area (Å²) in [4.78, 5) is 3.84. The smallest absolute Gasteiger partial charge is 0.212 e. The van der Waals surface area contributed by atoms with Crippen molar-refractivity contribution in [1.29, 1.82) is 0 Å². The lowest BCUT2D eigenvalue weighted by molar-refractivity contribution is -0.669. The van der Waals surface area contributed by atoms with Crippen LogP contribution in [0, 0.1) is 0 Å². The second kappa shape index (κ2) is 9.11. The van der Waals surface area contributed by atoms with Gasteiger partial charge in [-0.2, -0.15) is 4.57 Å². The molecule has 2 nitrogen and oxygen atoms in total. The van der Waals surface area contributed by atoms with Gasteiger partial charge in [0.1, 0.15) is 6.54 Å². The average Bonchev–Trinajstić information content (AvgIpc) is 3.03. The molecule has 0 unspecified atom stereocenters. The minimum absolute atomic E-state index is 0.